The number of nitrogens with zero attached hydrogens (tertiary/aromatic N) is 2. The molecule has 2 rings (SSSR count). The molecule has 18 heavy (non-hydrogen) atoms. The van der Waals surface area contributed by atoms with E-state index in [2.05, 4.69) is 17.3 Å². The van der Waals surface area contributed by atoms with Crippen molar-refractivity contribution in [1.29, 1.82) is 0 Å². The predicted molar refractivity (Wildman–Crippen MR) is 71.7 cm³/mol. The van der Waals surface area contributed by atoms with Gasteiger partial charge in [-0.2, -0.15) is 5.10 Å². The third kappa shape index (κ3) is 3.18. The summed E-state index contributed by atoms with van der Waals surface area (Å²) in [5.41, 5.74) is 1.83. The van der Waals surface area contributed by atoms with E-state index in [4.69, 9.17) is 0 Å². The molecule has 0 spiro atoms. The number of aliphatic hydroxyl groups excluding tert-OH is 1. The molecule has 0 bridgehead atoms. The zero-order valence-corrected chi connectivity index (χ0v) is 10.6. The van der Waals surface area contributed by atoms with Crippen molar-refractivity contribution in [2.75, 3.05) is 13.1 Å². The minimum absolute atomic E-state index is 0.506. The topological polar surface area (TPSA) is 50.1 Å². The maximum absolute atomic E-state index is 9.99. The lowest BCUT2D eigenvalue weighted by atomic mass is 10.2. The van der Waals surface area contributed by atoms with E-state index < -0.39 is 6.10 Å². The van der Waals surface area contributed by atoms with Crippen LogP contribution in [0.3, 0.4) is 0 Å². The fraction of sp³-hybridized carbons (Fsp3) is 0.357. The molecule has 0 fully saturated rings. The summed E-state index contributed by atoms with van der Waals surface area (Å²) >= 11 is 0. The number of benzene rings is 1. The van der Waals surface area contributed by atoms with Crippen LogP contribution in [0.25, 0.3) is 5.69 Å². The van der Waals surface area contributed by atoms with Crippen molar-refractivity contribution in [3.05, 3.63) is 48.3 Å². The monoisotopic (exact) mass is 245 g/mol. The van der Waals surface area contributed by atoms with Crippen molar-refractivity contribution in [1.82, 2.24) is 15.1 Å². The maximum atomic E-state index is 9.99. The Morgan fingerprint density at radius 2 is 2.11 bits per heavy atom. The highest BCUT2D eigenvalue weighted by Crippen LogP contribution is 2.13. The number of nitrogens with one attached hydrogen (secondary N) is 1. The fourth-order valence-corrected chi connectivity index (χ4v) is 1.76. The first-order valence-corrected chi connectivity index (χ1v) is 6.30. The van der Waals surface area contributed by atoms with Gasteiger partial charge in [0.1, 0.15) is 0 Å². The molecular formula is C14H19N3O. The van der Waals surface area contributed by atoms with Crippen molar-refractivity contribution in [2.24, 2.45) is 0 Å². The van der Waals surface area contributed by atoms with E-state index in [0.29, 0.717) is 6.54 Å². The number of hydrogen-bond acceptors (Lipinski definition) is 3. The molecule has 4 heteroatoms. The molecule has 1 atom stereocenters. The first-order valence-electron chi connectivity index (χ1n) is 6.30. The molecule has 0 aliphatic carbocycles. The van der Waals surface area contributed by atoms with Crippen LogP contribution in [-0.2, 0) is 0 Å². The van der Waals surface area contributed by atoms with Gasteiger partial charge in [-0.15, -0.1) is 0 Å². The molecule has 4 nitrogen and oxygen atoms in total. The van der Waals surface area contributed by atoms with Gasteiger partial charge in [0.2, 0.25) is 0 Å². The number of aliphatic hydroxyl groups is 1. The molecule has 0 aliphatic rings. The molecule has 2 N–H and O–H groups in total. The van der Waals surface area contributed by atoms with Crippen LogP contribution < -0.4 is 5.32 Å². The van der Waals surface area contributed by atoms with Crippen LogP contribution in [0.1, 0.15) is 25.0 Å². The van der Waals surface area contributed by atoms with Crippen molar-refractivity contribution in [2.45, 2.75) is 19.4 Å². The Balaban J connectivity index is 2.02. The predicted octanol–water partition coefficient (Wildman–Crippen LogP) is 1.91. The summed E-state index contributed by atoms with van der Waals surface area (Å²) in [6.45, 7) is 3.59. The third-order valence-corrected chi connectivity index (χ3v) is 2.77. The molecule has 96 valence electrons. The molecule has 0 aliphatic heterocycles. The van der Waals surface area contributed by atoms with Gasteiger partial charge in [-0.3, -0.25) is 0 Å². The van der Waals surface area contributed by atoms with Crippen molar-refractivity contribution in [3.63, 3.8) is 0 Å². The molecule has 0 amide bonds. The van der Waals surface area contributed by atoms with E-state index in [1.807, 2.05) is 36.5 Å². The zero-order valence-electron chi connectivity index (χ0n) is 10.6. The summed E-state index contributed by atoms with van der Waals surface area (Å²) in [5, 5.41) is 17.5. The van der Waals surface area contributed by atoms with E-state index in [9.17, 15) is 5.11 Å². The van der Waals surface area contributed by atoms with Crippen LogP contribution in [0.4, 0.5) is 0 Å². The van der Waals surface area contributed by atoms with Gasteiger partial charge in [0.05, 0.1) is 18.0 Å². The zero-order chi connectivity index (χ0) is 12.8. The average Bonchev–Trinajstić information content (AvgIpc) is 2.89. The largest absolute Gasteiger partial charge is 0.387 e. The first kappa shape index (κ1) is 12.8. The van der Waals surface area contributed by atoms with E-state index in [0.717, 1.165) is 24.2 Å². The summed E-state index contributed by atoms with van der Waals surface area (Å²) in [5.74, 6) is 0. The molecule has 0 saturated carbocycles. The number of hydrogen-bond donors (Lipinski definition) is 2. The lowest BCUT2D eigenvalue weighted by Crippen LogP contribution is -2.21. The first-order chi connectivity index (χ1) is 8.81. The minimum Gasteiger partial charge on any atom is -0.387 e. The summed E-state index contributed by atoms with van der Waals surface area (Å²) < 4.78 is 1.78. The van der Waals surface area contributed by atoms with Gasteiger partial charge >= 0.3 is 0 Å². The Hall–Kier alpha value is -1.65. The smallest absolute Gasteiger partial charge is 0.0944 e. The number of para-hydroxylation sites is 1. The highest BCUT2D eigenvalue weighted by atomic mass is 16.3. The quantitative estimate of drug-likeness (QED) is 0.764. The van der Waals surface area contributed by atoms with Crippen molar-refractivity contribution >= 4 is 0 Å². The summed E-state index contributed by atoms with van der Waals surface area (Å²) in [4.78, 5) is 0. The van der Waals surface area contributed by atoms with Gasteiger partial charge in [-0.05, 0) is 25.1 Å². The lowest BCUT2D eigenvalue weighted by Gasteiger charge is -2.08. The Kier molecular flexibility index (Phi) is 4.50. The average molecular weight is 245 g/mol. The van der Waals surface area contributed by atoms with Crippen molar-refractivity contribution in [3.8, 4) is 5.69 Å². The van der Waals surface area contributed by atoms with E-state index in [1.54, 1.807) is 10.9 Å². The van der Waals surface area contributed by atoms with Crippen LogP contribution >= 0.6 is 0 Å². The summed E-state index contributed by atoms with van der Waals surface area (Å²) in [7, 11) is 0. The van der Waals surface area contributed by atoms with Gasteiger partial charge in [0.25, 0.3) is 0 Å². The highest BCUT2D eigenvalue weighted by molar-refractivity contribution is 5.31. The molecule has 1 aromatic heterocycles. The highest BCUT2D eigenvalue weighted by Gasteiger charge is 2.09. The van der Waals surface area contributed by atoms with Crippen LogP contribution in [0.5, 0.6) is 0 Å². The van der Waals surface area contributed by atoms with E-state index >= 15 is 0 Å². The standard InChI is InChI=1S/C14H19N3O/c1-2-8-15-10-14(18)12-9-16-17(11-12)13-6-4-3-5-7-13/h3-7,9,11,14-15,18H,2,8,10H2,1H3. The van der Waals surface area contributed by atoms with Gasteiger partial charge < -0.3 is 10.4 Å². The molecule has 1 heterocycles. The van der Waals surface area contributed by atoms with Crippen LogP contribution in [0, 0.1) is 0 Å². The second kappa shape index (κ2) is 6.33. The number of rotatable bonds is 6. The molecule has 0 saturated heterocycles. The third-order valence-electron chi connectivity index (χ3n) is 2.77. The molecule has 2 aromatic rings. The Bertz CT molecular complexity index is 467. The summed E-state index contributed by atoms with van der Waals surface area (Å²) in [6, 6.07) is 9.88. The van der Waals surface area contributed by atoms with Crippen LogP contribution in [0.15, 0.2) is 42.7 Å². The molecular weight excluding hydrogens is 226 g/mol. The maximum Gasteiger partial charge on any atom is 0.0944 e. The summed E-state index contributed by atoms with van der Waals surface area (Å²) in [6.07, 6.45) is 4.14. The van der Waals surface area contributed by atoms with E-state index in [-0.39, 0.29) is 0 Å². The van der Waals surface area contributed by atoms with Gasteiger partial charge in [-0.1, -0.05) is 25.1 Å². The van der Waals surface area contributed by atoms with Crippen molar-refractivity contribution < 1.29 is 5.11 Å². The van der Waals surface area contributed by atoms with Gasteiger partial charge in [-0.25, -0.2) is 4.68 Å². The lowest BCUT2D eigenvalue weighted by molar-refractivity contribution is 0.175. The fourth-order valence-electron chi connectivity index (χ4n) is 1.76. The van der Waals surface area contributed by atoms with E-state index in [1.165, 1.54) is 0 Å². The molecule has 1 unspecified atom stereocenters. The van der Waals surface area contributed by atoms with Crippen LogP contribution in [-0.4, -0.2) is 28.0 Å². The number of aromatic nitrogens is 2. The van der Waals surface area contributed by atoms with Gasteiger partial charge in [0, 0.05) is 18.3 Å². The normalized spacial score (nSPS) is 12.6. The molecule has 0 radical (unpaired) electrons. The Morgan fingerprint density at radius 1 is 1.33 bits per heavy atom. The minimum atomic E-state index is -0.506. The second-order valence-electron chi connectivity index (χ2n) is 4.27. The van der Waals surface area contributed by atoms with Gasteiger partial charge in [0.15, 0.2) is 0 Å². The Labute approximate surface area is 107 Å². The SMILES string of the molecule is CCCNCC(O)c1cnn(-c2ccccc2)c1. The van der Waals surface area contributed by atoms with Crippen LogP contribution in [0.2, 0.25) is 0 Å². The second-order valence-corrected chi connectivity index (χ2v) is 4.27. The molecule has 1 aromatic carbocycles. The Morgan fingerprint density at radius 3 is 2.83 bits per heavy atom.